The molecule has 1 N–H and O–H groups in total. The fraction of sp³-hybridized carbons (Fsp3) is 0.931. The third-order valence-electron chi connectivity index (χ3n) is 5.07. The van der Waals surface area contributed by atoms with Crippen molar-refractivity contribution in [2.45, 2.75) is 13.3 Å². The molecule has 0 aliphatic heterocycles. The summed E-state index contributed by atoms with van der Waals surface area (Å²) in [6.45, 7) is 12.0. The summed E-state index contributed by atoms with van der Waals surface area (Å²) in [6, 6.07) is 0. The van der Waals surface area contributed by atoms with Crippen molar-refractivity contribution in [2.24, 2.45) is 0 Å². The van der Waals surface area contributed by atoms with Crippen LogP contribution >= 0.6 is 0 Å². The lowest BCUT2D eigenvalue weighted by Crippen LogP contribution is -2.15. The van der Waals surface area contributed by atoms with Crippen LogP contribution in [-0.4, -0.2) is 182 Å². The minimum atomic E-state index is -0.999. The minimum Gasteiger partial charge on any atom is -0.480 e. The van der Waals surface area contributed by atoms with Crippen LogP contribution in [0.3, 0.4) is 0 Å². The summed E-state index contributed by atoms with van der Waals surface area (Å²) in [7, 11) is 0. The number of rotatable bonds is 39. The van der Waals surface area contributed by atoms with E-state index in [0.717, 1.165) is 0 Å². The second-order valence-corrected chi connectivity index (χ2v) is 8.74. The van der Waals surface area contributed by atoms with Crippen molar-refractivity contribution >= 4 is 11.9 Å². The van der Waals surface area contributed by atoms with E-state index in [1.165, 1.54) is 0 Å². The molecule has 0 aromatic heterocycles. The van der Waals surface area contributed by atoms with Crippen LogP contribution < -0.4 is 0 Å². The van der Waals surface area contributed by atoms with Gasteiger partial charge in [-0.2, -0.15) is 0 Å². The molecule has 0 aromatic carbocycles. The van der Waals surface area contributed by atoms with Crippen LogP contribution in [0.4, 0.5) is 0 Å². The van der Waals surface area contributed by atoms with E-state index >= 15 is 0 Å². The van der Waals surface area contributed by atoms with Gasteiger partial charge >= 0.3 is 11.9 Å². The maximum Gasteiger partial charge on any atom is 0.329 e. The van der Waals surface area contributed by atoms with E-state index in [1.54, 1.807) is 6.92 Å². The van der Waals surface area contributed by atoms with Crippen LogP contribution in [0.2, 0.25) is 0 Å². The number of ether oxygens (including phenoxy) is 13. The molecule has 0 fully saturated rings. The molecule has 0 atom stereocenters. The van der Waals surface area contributed by atoms with Crippen LogP contribution in [0.15, 0.2) is 0 Å². The van der Waals surface area contributed by atoms with Crippen LogP contribution in [0.25, 0.3) is 0 Å². The number of hydrogen-bond donors (Lipinski definition) is 1. The van der Waals surface area contributed by atoms with E-state index in [1.807, 2.05) is 0 Å². The molecule has 0 saturated carbocycles. The fourth-order valence-electron chi connectivity index (χ4n) is 2.97. The molecule has 16 nitrogen and oxygen atoms in total. The van der Waals surface area contributed by atoms with Crippen molar-refractivity contribution in [3.8, 4) is 0 Å². The monoisotopic (exact) mass is 660 g/mol. The highest BCUT2D eigenvalue weighted by Gasteiger charge is 2.01. The van der Waals surface area contributed by atoms with Gasteiger partial charge in [-0.15, -0.1) is 0 Å². The maximum absolute atomic E-state index is 11.1. The highest BCUT2D eigenvalue weighted by atomic mass is 16.6. The van der Waals surface area contributed by atoms with Gasteiger partial charge in [-0.05, 0) is 6.92 Å². The van der Waals surface area contributed by atoms with Crippen molar-refractivity contribution in [3.63, 3.8) is 0 Å². The summed E-state index contributed by atoms with van der Waals surface area (Å²) in [5.74, 6) is -1.26. The number of carboxylic acid groups (broad SMARTS) is 1. The quantitative estimate of drug-likeness (QED) is 0.0700. The third kappa shape index (κ3) is 40.4. The Morgan fingerprint density at radius 1 is 0.378 bits per heavy atom. The molecule has 0 spiro atoms. The van der Waals surface area contributed by atoms with Gasteiger partial charge in [-0.25, -0.2) is 4.79 Å². The summed E-state index contributed by atoms with van der Waals surface area (Å²) in [4.78, 5) is 21.4. The van der Waals surface area contributed by atoms with E-state index in [2.05, 4.69) is 0 Å². The second-order valence-electron chi connectivity index (χ2n) is 8.74. The molecule has 0 aliphatic carbocycles. The lowest BCUT2D eigenvalue weighted by atomic mass is 10.5. The van der Waals surface area contributed by atoms with Crippen molar-refractivity contribution < 1.29 is 76.3 Å². The highest BCUT2D eigenvalue weighted by molar-refractivity contribution is 5.69. The Kier molecular flexibility index (Phi) is 37.3. The Hall–Kier alpha value is -1.54. The van der Waals surface area contributed by atoms with Gasteiger partial charge in [0.05, 0.1) is 165 Å². The number of esters is 1. The SMILES string of the molecule is CCOC(=O)CCOCCOCCOCCOCCOCCOCCOCCOCCOCCOCCOCCOCC(=O)O. The third-order valence-corrected chi connectivity index (χ3v) is 5.07. The Morgan fingerprint density at radius 3 is 0.822 bits per heavy atom. The van der Waals surface area contributed by atoms with E-state index in [4.69, 9.17) is 66.7 Å². The first-order chi connectivity index (χ1) is 22.2. The van der Waals surface area contributed by atoms with E-state index in [9.17, 15) is 9.59 Å². The molecule has 0 aliphatic rings. The van der Waals surface area contributed by atoms with Gasteiger partial charge in [0, 0.05) is 0 Å². The summed E-state index contributed by atoms with van der Waals surface area (Å²) in [5, 5.41) is 8.42. The van der Waals surface area contributed by atoms with Gasteiger partial charge in [0.25, 0.3) is 0 Å². The van der Waals surface area contributed by atoms with Gasteiger partial charge < -0.3 is 66.7 Å². The molecule has 0 heterocycles. The number of carboxylic acids is 1. The van der Waals surface area contributed by atoms with Crippen molar-refractivity contribution in [2.75, 3.05) is 165 Å². The van der Waals surface area contributed by atoms with Crippen molar-refractivity contribution in [3.05, 3.63) is 0 Å². The zero-order chi connectivity index (χ0) is 32.7. The molecule has 0 rings (SSSR count). The lowest BCUT2D eigenvalue weighted by molar-refractivity contribution is -0.144. The maximum atomic E-state index is 11.1. The van der Waals surface area contributed by atoms with Crippen molar-refractivity contribution in [1.29, 1.82) is 0 Å². The zero-order valence-corrected chi connectivity index (χ0v) is 27.0. The summed E-state index contributed by atoms with van der Waals surface area (Å²) in [5.41, 5.74) is 0. The largest absolute Gasteiger partial charge is 0.480 e. The molecular weight excluding hydrogens is 604 g/mol. The molecule has 0 bridgehead atoms. The molecular formula is C29H56O16. The Labute approximate surface area is 267 Å². The van der Waals surface area contributed by atoms with Crippen LogP contribution in [0.5, 0.6) is 0 Å². The number of aliphatic carboxylic acids is 1. The molecule has 0 radical (unpaired) electrons. The number of carbonyl (C=O) groups excluding carboxylic acids is 1. The van der Waals surface area contributed by atoms with Gasteiger partial charge in [0.2, 0.25) is 0 Å². The van der Waals surface area contributed by atoms with Crippen molar-refractivity contribution in [1.82, 2.24) is 0 Å². The van der Waals surface area contributed by atoms with Gasteiger partial charge in [-0.3, -0.25) is 4.79 Å². The lowest BCUT2D eigenvalue weighted by Gasteiger charge is -2.09. The smallest absolute Gasteiger partial charge is 0.329 e. The topological polar surface area (TPSA) is 174 Å². The zero-order valence-electron chi connectivity index (χ0n) is 27.0. The second kappa shape index (κ2) is 38.6. The average molecular weight is 661 g/mol. The molecule has 268 valence electrons. The highest BCUT2D eigenvalue weighted by Crippen LogP contribution is 1.90. The summed E-state index contributed by atoms with van der Waals surface area (Å²) in [6.07, 6.45) is 0.251. The predicted octanol–water partition coefficient (Wildman–Crippen LogP) is 0.223. The average Bonchev–Trinajstić information content (AvgIpc) is 3.02. The Balaban J connectivity index is 3.06. The van der Waals surface area contributed by atoms with E-state index in [0.29, 0.717) is 152 Å². The summed E-state index contributed by atoms with van der Waals surface area (Å²) >= 11 is 0. The predicted molar refractivity (Wildman–Crippen MR) is 159 cm³/mol. The van der Waals surface area contributed by atoms with Crippen LogP contribution in [-0.2, 0) is 71.2 Å². The van der Waals surface area contributed by atoms with E-state index < -0.39 is 5.97 Å². The standard InChI is InChI=1S/C29H56O16/c1-2-45-29(32)3-4-33-5-6-34-7-8-35-9-10-36-11-12-37-13-14-38-15-16-39-17-18-40-19-20-41-21-22-42-23-24-43-25-26-44-27-28(30)31/h2-27H2,1H3,(H,30,31). The molecule has 0 unspecified atom stereocenters. The Morgan fingerprint density at radius 2 is 0.600 bits per heavy atom. The van der Waals surface area contributed by atoms with Crippen LogP contribution in [0.1, 0.15) is 13.3 Å². The first-order valence-electron chi connectivity index (χ1n) is 15.5. The van der Waals surface area contributed by atoms with Gasteiger partial charge in [0.1, 0.15) is 6.61 Å². The molecule has 45 heavy (non-hydrogen) atoms. The first-order valence-corrected chi connectivity index (χ1v) is 15.5. The number of carbonyl (C=O) groups is 2. The first kappa shape index (κ1) is 43.5. The minimum absolute atomic E-state index is 0.237. The molecule has 16 heteroatoms. The Bertz CT molecular complexity index is 613. The molecule has 0 saturated heterocycles. The van der Waals surface area contributed by atoms with Crippen LogP contribution in [0, 0.1) is 0 Å². The molecule has 0 amide bonds. The normalized spacial score (nSPS) is 11.3. The summed E-state index contributed by atoms with van der Waals surface area (Å²) < 4.78 is 69.0. The number of hydrogen-bond acceptors (Lipinski definition) is 15. The molecule has 0 aromatic rings. The fourth-order valence-corrected chi connectivity index (χ4v) is 2.97. The van der Waals surface area contributed by atoms with Gasteiger partial charge in [-0.1, -0.05) is 0 Å². The van der Waals surface area contributed by atoms with Gasteiger partial charge in [0.15, 0.2) is 0 Å². The van der Waals surface area contributed by atoms with E-state index in [-0.39, 0.29) is 25.6 Å².